The van der Waals surface area contributed by atoms with Crippen LogP contribution in [-0.2, 0) is 14.4 Å². The zero-order valence-corrected chi connectivity index (χ0v) is 27.6. The number of rotatable bonds is 5. The van der Waals surface area contributed by atoms with E-state index in [2.05, 4.69) is 54.5 Å². The van der Waals surface area contributed by atoms with E-state index in [0.717, 1.165) is 56.8 Å². The predicted octanol–water partition coefficient (Wildman–Crippen LogP) is 8.85. The van der Waals surface area contributed by atoms with Crippen molar-refractivity contribution in [1.82, 2.24) is 0 Å². The Morgan fingerprint density at radius 3 is 2.28 bits per heavy atom. The predicted molar refractivity (Wildman–Crippen MR) is 167 cm³/mol. The number of Topliss-reactive ketones (excluding diaryl/α,β-unsaturated/α-hetero) is 1. The highest BCUT2D eigenvalue weighted by Gasteiger charge is 2.69. The number of carbonyl (C=O) groups excluding carboxylic acids is 2. The molecule has 0 saturated heterocycles. The molecule has 3 fully saturated rings. The molecule has 0 heterocycles. The van der Waals surface area contributed by atoms with Crippen molar-refractivity contribution in [3.63, 3.8) is 0 Å². The molecule has 6 aliphatic rings. The second-order valence-corrected chi connectivity index (χ2v) is 17.2. The molecule has 0 unspecified atom stereocenters. The van der Waals surface area contributed by atoms with Gasteiger partial charge in [-0.15, -0.1) is 0 Å². The average Bonchev–Trinajstić information content (AvgIpc) is 3.26. The van der Waals surface area contributed by atoms with Crippen molar-refractivity contribution in [3.8, 4) is 0 Å². The summed E-state index contributed by atoms with van der Waals surface area (Å²) in [4.78, 5) is 38.0. The second-order valence-electron chi connectivity index (χ2n) is 17.2. The number of alkyl halides is 1. The van der Waals surface area contributed by atoms with E-state index < -0.39 is 23.5 Å². The molecular formula is C38H53FO4. The maximum absolute atomic E-state index is 13.9. The fourth-order valence-electron chi connectivity index (χ4n) is 12.5. The first kappa shape index (κ1) is 31.0. The number of carboxylic acid groups (broad SMARTS) is 1. The standard InChI is InChI=1S/C38H53FO4/c1-23(2)30-27(41)20-38(22-40)19-18-35(6)26(31(30)38)8-9-29-34(5)14-12-25(33(3,4)28(34)13-15-36(29,35)7)24-10-16-37(21-39,17-11-24)32(42)43/h10,12,22-23,26,28-29H,8-9,11,13-21H2,1-7H3,(H,42,43)/t26-,28+,29-,34+,35-,36-,37+,38+/m1/s1. The Bertz CT molecular complexity index is 1350. The third-order valence-electron chi connectivity index (χ3n) is 15.0. The molecule has 0 aromatic heterocycles. The smallest absolute Gasteiger partial charge is 0.312 e. The second kappa shape index (κ2) is 9.73. The van der Waals surface area contributed by atoms with E-state index in [-0.39, 0.29) is 45.7 Å². The molecule has 0 spiro atoms. The maximum Gasteiger partial charge on any atom is 0.312 e. The molecule has 236 valence electrons. The van der Waals surface area contributed by atoms with Crippen molar-refractivity contribution in [3.05, 3.63) is 34.4 Å². The quantitative estimate of drug-likeness (QED) is 0.324. The van der Waals surface area contributed by atoms with Gasteiger partial charge in [-0.3, -0.25) is 9.59 Å². The molecule has 0 aliphatic heterocycles. The Labute approximate surface area is 258 Å². The van der Waals surface area contributed by atoms with Crippen LogP contribution in [0.2, 0.25) is 0 Å². The van der Waals surface area contributed by atoms with E-state index in [9.17, 15) is 23.9 Å². The largest absolute Gasteiger partial charge is 0.481 e. The van der Waals surface area contributed by atoms with Gasteiger partial charge in [0, 0.05) is 6.42 Å². The summed E-state index contributed by atoms with van der Waals surface area (Å²) in [5, 5.41) is 9.73. The number of hydrogen-bond donors (Lipinski definition) is 1. The van der Waals surface area contributed by atoms with Crippen molar-refractivity contribution in [2.45, 2.75) is 119 Å². The molecule has 43 heavy (non-hydrogen) atoms. The zero-order chi connectivity index (χ0) is 31.4. The van der Waals surface area contributed by atoms with Gasteiger partial charge in [-0.2, -0.15) is 0 Å². The lowest BCUT2D eigenvalue weighted by Gasteiger charge is -2.71. The first-order valence-corrected chi connectivity index (χ1v) is 17.0. The number of aldehydes is 1. The number of ketones is 1. The van der Waals surface area contributed by atoms with Crippen LogP contribution in [0.1, 0.15) is 119 Å². The summed E-state index contributed by atoms with van der Waals surface area (Å²) in [6.07, 6.45) is 14.6. The molecule has 0 aromatic carbocycles. The van der Waals surface area contributed by atoms with E-state index in [1.54, 1.807) is 0 Å². The maximum atomic E-state index is 13.9. The lowest BCUT2D eigenvalue weighted by molar-refractivity contribution is -0.198. The molecule has 5 heteroatoms. The first-order chi connectivity index (χ1) is 20.1. The minimum absolute atomic E-state index is 0.0447. The first-order valence-electron chi connectivity index (χ1n) is 17.0. The Morgan fingerprint density at radius 2 is 1.70 bits per heavy atom. The van der Waals surface area contributed by atoms with Gasteiger partial charge in [-0.05, 0) is 132 Å². The molecule has 0 bridgehead atoms. The van der Waals surface area contributed by atoms with Crippen molar-refractivity contribution in [1.29, 1.82) is 0 Å². The summed E-state index contributed by atoms with van der Waals surface area (Å²) in [5.74, 6) is 0.677. The lowest BCUT2D eigenvalue weighted by Crippen LogP contribution is -2.64. The summed E-state index contributed by atoms with van der Waals surface area (Å²) in [6.45, 7) is 15.9. The molecule has 4 nitrogen and oxygen atoms in total. The van der Waals surface area contributed by atoms with Gasteiger partial charge in [0.25, 0.3) is 0 Å². The molecular weight excluding hydrogens is 539 g/mol. The highest BCUT2D eigenvalue weighted by atomic mass is 19.1. The van der Waals surface area contributed by atoms with Gasteiger partial charge < -0.3 is 9.90 Å². The van der Waals surface area contributed by atoms with Crippen LogP contribution in [0.15, 0.2) is 34.4 Å². The third-order valence-corrected chi connectivity index (χ3v) is 15.0. The van der Waals surface area contributed by atoms with E-state index >= 15 is 0 Å². The van der Waals surface area contributed by atoms with E-state index in [1.165, 1.54) is 16.7 Å². The molecule has 0 radical (unpaired) electrons. The SMILES string of the molecule is CC(C)C1=C2[C@H]3CC[C@@H]4[C@@]5(C)CC=C(C6=CC[C@](CF)(C(=O)O)CC6)C(C)(C)[C@@H]5CC[C@@]4(C)[C@]3(C)CC[C@@]2(C=O)CC1=O. The monoisotopic (exact) mass is 592 g/mol. The normalized spacial score (nSPS) is 45.4. The number of fused-ring (bicyclic) bond motifs is 7. The fourth-order valence-corrected chi connectivity index (χ4v) is 12.5. The third kappa shape index (κ3) is 3.87. The number of carboxylic acids is 1. The van der Waals surface area contributed by atoms with Gasteiger partial charge in [-0.1, -0.05) is 60.6 Å². The van der Waals surface area contributed by atoms with Crippen LogP contribution in [0.4, 0.5) is 4.39 Å². The van der Waals surface area contributed by atoms with Gasteiger partial charge in [0.05, 0.1) is 10.8 Å². The summed E-state index contributed by atoms with van der Waals surface area (Å²) < 4.78 is 13.9. The Morgan fingerprint density at radius 1 is 0.977 bits per heavy atom. The van der Waals surface area contributed by atoms with Crippen LogP contribution < -0.4 is 0 Å². The van der Waals surface area contributed by atoms with Crippen LogP contribution in [0, 0.1) is 56.2 Å². The summed E-state index contributed by atoms with van der Waals surface area (Å²) >= 11 is 0. The van der Waals surface area contributed by atoms with Crippen LogP contribution in [0.3, 0.4) is 0 Å². The lowest BCUT2D eigenvalue weighted by atomic mass is 9.33. The van der Waals surface area contributed by atoms with Gasteiger partial charge in [-0.25, -0.2) is 4.39 Å². The van der Waals surface area contributed by atoms with Crippen LogP contribution in [0.5, 0.6) is 0 Å². The number of hydrogen-bond acceptors (Lipinski definition) is 3. The highest BCUT2D eigenvalue weighted by Crippen LogP contribution is 2.76. The van der Waals surface area contributed by atoms with Crippen LogP contribution in [-0.4, -0.2) is 29.8 Å². The number of aliphatic carboxylic acids is 1. The van der Waals surface area contributed by atoms with Gasteiger partial charge in [0.1, 0.15) is 13.0 Å². The van der Waals surface area contributed by atoms with Crippen molar-refractivity contribution >= 4 is 18.0 Å². The van der Waals surface area contributed by atoms with E-state index in [1.807, 2.05) is 6.08 Å². The van der Waals surface area contributed by atoms with Gasteiger partial charge in [0.15, 0.2) is 5.78 Å². The number of carbonyl (C=O) groups is 3. The van der Waals surface area contributed by atoms with Crippen LogP contribution >= 0.6 is 0 Å². The molecule has 0 aromatic rings. The van der Waals surface area contributed by atoms with Crippen LogP contribution in [0.25, 0.3) is 0 Å². The van der Waals surface area contributed by atoms with E-state index in [4.69, 9.17) is 0 Å². The molecule has 1 N–H and O–H groups in total. The topological polar surface area (TPSA) is 71.4 Å². The summed E-state index contributed by atoms with van der Waals surface area (Å²) in [5.41, 5.74) is 3.18. The Hall–Kier alpha value is -2.04. The average molecular weight is 593 g/mol. The summed E-state index contributed by atoms with van der Waals surface area (Å²) in [7, 11) is 0. The summed E-state index contributed by atoms with van der Waals surface area (Å²) in [6, 6.07) is 0. The molecule has 8 atom stereocenters. The fraction of sp³-hybridized carbons (Fsp3) is 0.763. The highest BCUT2D eigenvalue weighted by molar-refractivity contribution is 6.03. The van der Waals surface area contributed by atoms with Crippen molar-refractivity contribution in [2.24, 2.45) is 56.2 Å². The number of allylic oxidation sites excluding steroid dienone is 6. The molecule has 3 saturated carbocycles. The molecule has 6 rings (SSSR count). The Kier molecular flexibility index (Phi) is 7.01. The van der Waals surface area contributed by atoms with Gasteiger partial charge in [0.2, 0.25) is 0 Å². The molecule has 6 aliphatic carbocycles. The molecule has 0 amide bonds. The Balaban J connectivity index is 1.36. The van der Waals surface area contributed by atoms with E-state index in [0.29, 0.717) is 31.1 Å². The van der Waals surface area contributed by atoms with Crippen molar-refractivity contribution < 1.29 is 23.9 Å². The zero-order valence-electron chi connectivity index (χ0n) is 27.6. The number of halogens is 1. The minimum Gasteiger partial charge on any atom is -0.481 e. The van der Waals surface area contributed by atoms with Crippen molar-refractivity contribution in [2.75, 3.05) is 6.67 Å². The minimum atomic E-state index is -1.27. The van der Waals surface area contributed by atoms with Gasteiger partial charge >= 0.3 is 5.97 Å².